The number of pyridine rings is 1. The van der Waals surface area contributed by atoms with Gasteiger partial charge >= 0.3 is 75.3 Å². The van der Waals surface area contributed by atoms with Crippen molar-refractivity contribution in [1.29, 1.82) is 0 Å². The first-order chi connectivity index (χ1) is 24.5. The van der Waals surface area contributed by atoms with Gasteiger partial charge in [0.2, 0.25) is 0 Å². The van der Waals surface area contributed by atoms with Gasteiger partial charge in [-0.2, -0.15) is 0 Å². The molecule has 0 bridgehead atoms. The van der Waals surface area contributed by atoms with Crippen molar-refractivity contribution in [3.63, 3.8) is 0 Å². The molecule has 0 aliphatic carbocycles. The summed E-state index contributed by atoms with van der Waals surface area (Å²) in [4.78, 5) is 94.8. The fourth-order valence-corrected chi connectivity index (χ4v) is 4.75. The van der Waals surface area contributed by atoms with Crippen LogP contribution in [0.1, 0.15) is 11.1 Å². The van der Waals surface area contributed by atoms with E-state index in [0.29, 0.717) is 15.0 Å². The Balaban J connectivity index is 0.00000605. The van der Waals surface area contributed by atoms with E-state index in [4.69, 9.17) is 0 Å². The van der Waals surface area contributed by atoms with Gasteiger partial charge in [-0.25, -0.2) is 24.1 Å². The molecular weight excluding hydrogens is 706 g/mol. The van der Waals surface area contributed by atoms with Crippen LogP contribution in [0.4, 0.5) is 31.4 Å². The van der Waals surface area contributed by atoms with Gasteiger partial charge in [0.05, 0.1) is 25.6 Å². The van der Waals surface area contributed by atoms with E-state index >= 15 is 0 Å². The molecular formula is C34H26KN7O10. The van der Waals surface area contributed by atoms with Crippen LogP contribution >= 0.6 is 0 Å². The van der Waals surface area contributed by atoms with E-state index in [-0.39, 0.29) is 79.7 Å². The number of amides is 6. The van der Waals surface area contributed by atoms with Crippen LogP contribution in [-0.2, 0) is 19.1 Å². The molecule has 3 heterocycles. The smallest absolute Gasteiger partial charge is 0.859 e. The number of allylic oxidation sites excluding steroid dienone is 4. The first-order valence-electron chi connectivity index (χ1n) is 14.7. The van der Waals surface area contributed by atoms with Gasteiger partial charge in [0.1, 0.15) is 5.57 Å². The molecule has 0 spiro atoms. The fourth-order valence-electron chi connectivity index (χ4n) is 4.75. The van der Waals surface area contributed by atoms with E-state index in [9.17, 15) is 38.7 Å². The van der Waals surface area contributed by atoms with Crippen molar-refractivity contribution in [2.24, 2.45) is 0 Å². The van der Waals surface area contributed by atoms with Gasteiger partial charge < -0.3 is 14.6 Å². The Morgan fingerprint density at radius 1 is 0.865 bits per heavy atom. The van der Waals surface area contributed by atoms with Gasteiger partial charge in [-0.1, -0.05) is 24.3 Å². The number of urea groups is 1. The van der Waals surface area contributed by atoms with Crippen molar-refractivity contribution in [3.8, 4) is 11.6 Å². The number of rotatable bonds is 8. The summed E-state index contributed by atoms with van der Waals surface area (Å²) in [6.07, 6.45) is 6.33. The Labute approximate surface area is 336 Å². The average molecular weight is 732 g/mol. The van der Waals surface area contributed by atoms with E-state index in [1.807, 2.05) is 0 Å². The number of nitrogens with zero attached hydrogens (tertiary/aromatic N) is 3. The Morgan fingerprint density at radius 3 is 2.08 bits per heavy atom. The molecule has 4 aromatic rings. The second-order valence-electron chi connectivity index (χ2n) is 10.3. The largest absolute Gasteiger partial charge is 1.00 e. The first-order valence-corrected chi connectivity index (χ1v) is 14.7. The Bertz CT molecular complexity index is 2280. The molecule has 0 radical (unpaired) electrons. The summed E-state index contributed by atoms with van der Waals surface area (Å²) in [7, 11) is 2.33. The van der Waals surface area contributed by atoms with Crippen LogP contribution in [0.2, 0.25) is 0 Å². The van der Waals surface area contributed by atoms with Crippen molar-refractivity contribution in [2.75, 3.05) is 29.8 Å². The molecule has 4 N–H and O–H groups in total. The number of hydrogen-bond acceptors (Lipinski definition) is 11. The third-order valence-corrected chi connectivity index (χ3v) is 7.15. The zero-order valence-electron chi connectivity index (χ0n) is 27.7. The maximum atomic E-state index is 13.5. The van der Waals surface area contributed by atoms with Crippen molar-refractivity contribution >= 4 is 58.7 Å². The van der Waals surface area contributed by atoms with Crippen LogP contribution < -0.4 is 88.6 Å². The molecule has 6 amide bonds. The normalized spacial score (nSPS) is 13.7. The molecule has 0 saturated carbocycles. The number of carbonyl (C=O) groups excluding carboxylic acids is 5. The second-order valence-corrected chi connectivity index (χ2v) is 10.3. The molecule has 1 aliphatic heterocycles. The molecule has 18 heteroatoms. The number of carbonyl (C=O) groups is 5. The van der Waals surface area contributed by atoms with Gasteiger partial charge in [0, 0.05) is 29.3 Å². The molecule has 17 nitrogen and oxygen atoms in total. The van der Waals surface area contributed by atoms with Crippen LogP contribution in [0.3, 0.4) is 0 Å². The predicted octanol–water partition coefficient (Wildman–Crippen LogP) is -0.339. The molecule has 0 unspecified atom stereocenters. The van der Waals surface area contributed by atoms with Crippen molar-refractivity contribution in [1.82, 2.24) is 19.9 Å². The third kappa shape index (κ3) is 8.86. The number of anilines is 3. The second kappa shape index (κ2) is 17.3. The van der Waals surface area contributed by atoms with Crippen molar-refractivity contribution in [2.45, 2.75) is 0 Å². The van der Waals surface area contributed by atoms with E-state index in [1.54, 1.807) is 12.1 Å². The molecule has 2 aromatic heterocycles. The van der Waals surface area contributed by atoms with E-state index in [2.05, 4.69) is 35.4 Å². The minimum Gasteiger partial charge on any atom is -0.859 e. The third-order valence-electron chi connectivity index (χ3n) is 7.15. The molecule has 258 valence electrons. The van der Waals surface area contributed by atoms with Crippen molar-refractivity contribution in [3.05, 3.63) is 129 Å². The monoisotopic (exact) mass is 731 g/mol. The Kier molecular flexibility index (Phi) is 13.0. The van der Waals surface area contributed by atoms with E-state index in [0.717, 1.165) is 26.4 Å². The number of barbiturate groups is 1. The van der Waals surface area contributed by atoms with E-state index in [1.165, 1.54) is 73.1 Å². The molecule has 0 atom stereocenters. The summed E-state index contributed by atoms with van der Waals surface area (Å²) in [5.74, 6) is -2.96. The number of aromatic nitrogens is 3. The summed E-state index contributed by atoms with van der Waals surface area (Å²) in [6, 6.07) is 13.5. The minimum atomic E-state index is -1.03. The maximum Gasteiger partial charge on any atom is 1.00 e. The molecule has 1 saturated heterocycles. The first kappa shape index (κ1) is 38.9. The zero-order chi connectivity index (χ0) is 36.7. The molecule has 2 aromatic carbocycles. The number of nitrogens with one attached hydrogen (secondary N) is 4. The van der Waals surface area contributed by atoms with Crippen LogP contribution in [-0.4, -0.2) is 58.8 Å². The number of ether oxygens (including phenoxy) is 2. The molecule has 52 heavy (non-hydrogen) atoms. The number of hydrogen-bond donors (Lipinski definition) is 4. The van der Waals surface area contributed by atoms with Gasteiger partial charge in [0.15, 0.2) is 0 Å². The van der Waals surface area contributed by atoms with Crippen LogP contribution in [0, 0.1) is 0 Å². The van der Waals surface area contributed by atoms with Crippen LogP contribution in [0.5, 0.6) is 5.88 Å². The maximum absolute atomic E-state index is 13.5. The minimum absolute atomic E-state index is 0. The number of benzene rings is 2. The predicted molar refractivity (Wildman–Crippen MR) is 181 cm³/mol. The SMILES string of the molecule is COC(=O)Nc1cccc(N2C(=O)NC(=O)C(=CC=C(C=Cc3c([O-])n(-c4cccc(NC(=O)OC)c4)c(=O)[nH]c3=O)c3ccncc3)C2=O)c1.[K+]. The number of methoxy groups -OCH3 is 2. The fraction of sp³-hybridized carbons (Fsp3) is 0.0588. The zero-order valence-corrected chi connectivity index (χ0v) is 30.8. The number of imide groups is 2. The van der Waals surface area contributed by atoms with Gasteiger partial charge in [0.25, 0.3) is 17.4 Å². The Morgan fingerprint density at radius 2 is 1.46 bits per heavy atom. The standard InChI is InChI=1S/C34H27N7O10.K/c1-50-33(48)36-21-5-3-7-23(17-21)40-29(44)25(27(42)38-31(40)46)11-9-19(20-13-15-35-16-14-20)10-12-26-28(43)39-32(47)41(30(26)45)24-8-4-6-22(18-24)37-34(49)51-2;/h3-18,44H,1-2H3,(H,36,48)(H,37,49)(H,38,42,46)(H,39,43,47);/q;+1/p-1. The van der Waals surface area contributed by atoms with Crippen LogP contribution in [0.15, 0.2) is 106 Å². The van der Waals surface area contributed by atoms with Crippen molar-refractivity contribution < 1.29 is 89.9 Å². The number of aromatic amines is 1. The Hall–Kier alpha value is -5.92. The quantitative estimate of drug-likeness (QED) is 0.0792. The summed E-state index contributed by atoms with van der Waals surface area (Å²) in [5, 5.41) is 20.5. The summed E-state index contributed by atoms with van der Waals surface area (Å²) in [6.45, 7) is 0. The van der Waals surface area contributed by atoms with E-state index < -0.39 is 58.3 Å². The number of H-pyrrole nitrogens is 1. The van der Waals surface area contributed by atoms with Gasteiger partial charge in [-0.05, 0) is 77.7 Å². The summed E-state index contributed by atoms with van der Waals surface area (Å²) in [5.41, 5.74) is -1.68. The molecule has 5 rings (SSSR count). The van der Waals surface area contributed by atoms with Gasteiger partial charge in [-0.3, -0.25) is 44.9 Å². The molecule has 1 aliphatic rings. The summed E-state index contributed by atoms with van der Waals surface area (Å²) >= 11 is 0. The molecule has 1 fully saturated rings. The average Bonchev–Trinajstić information content (AvgIpc) is 3.10. The summed E-state index contributed by atoms with van der Waals surface area (Å²) < 4.78 is 9.84. The van der Waals surface area contributed by atoms with Gasteiger partial charge in [-0.15, -0.1) is 0 Å². The topological polar surface area (TPSA) is 234 Å². The van der Waals surface area contributed by atoms with Crippen LogP contribution in [0.25, 0.3) is 17.3 Å².